The first kappa shape index (κ1) is 37.0. The van der Waals surface area contributed by atoms with E-state index in [0.29, 0.717) is 45.7 Å². The fourth-order valence-corrected chi connectivity index (χ4v) is 6.47. The lowest BCUT2D eigenvalue weighted by molar-refractivity contribution is 0.178. The van der Waals surface area contributed by atoms with Gasteiger partial charge in [0.05, 0.1) is 39.6 Å². The van der Waals surface area contributed by atoms with E-state index in [0.717, 1.165) is 16.7 Å². The van der Waals surface area contributed by atoms with Gasteiger partial charge in [-0.15, -0.1) is 0 Å². The molecule has 53 heavy (non-hydrogen) atoms. The number of methoxy groups -OCH3 is 1. The number of fused-ring (bicyclic) bond motifs is 1. The van der Waals surface area contributed by atoms with Crippen LogP contribution in [0, 0.1) is 11.6 Å². The summed E-state index contributed by atoms with van der Waals surface area (Å²) in [6.07, 6.45) is 8.00. The van der Waals surface area contributed by atoms with Crippen LogP contribution in [-0.2, 0) is 41.4 Å². The van der Waals surface area contributed by atoms with Crippen LogP contribution in [0.1, 0.15) is 24.0 Å². The Bertz CT molecular complexity index is 2480. The van der Waals surface area contributed by atoms with Gasteiger partial charge < -0.3 is 4.74 Å². The highest BCUT2D eigenvalue weighted by Crippen LogP contribution is 2.25. The van der Waals surface area contributed by atoms with Crippen LogP contribution < -0.4 is 32.4 Å². The molecule has 0 aliphatic heterocycles. The normalized spacial score (nSPS) is 12.2. The lowest BCUT2D eigenvalue weighted by atomic mass is 10.1. The number of pyridine rings is 2. The predicted molar refractivity (Wildman–Crippen MR) is 192 cm³/mol. The zero-order valence-corrected chi connectivity index (χ0v) is 29.5. The second-order valence-corrected chi connectivity index (χ2v) is 13.7. The number of nitrogens with one attached hydrogen (secondary N) is 4. The van der Waals surface area contributed by atoms with Crippen LogP contribution in [0.25, 0.3) is 27.7 Å². The second-order valence-electron chi connectivity index (χ2n) is 12.0. The minimum absolute atomic E-state index is 0.0564. The largest absolute Gasteiger partial charge is 0.377 e. The van der Waals surface area contributed by atoms with Crippen LogP contribution in [0.5, 0.6) is 0 Å². The summed E-state index contributed by atoms with van der Waals surface area (Å²) in [6.45, 7) is 1.96. The number of anilines is 1. The Kier molecular flexibility index (Phi) is 11.1. The highest BCUT2D eigenvalue weighted by molar-refractivity contribution is 7.92. The summed E-state index contributed by atoms with van der Waals surface area (Å²) >= 11 is 0. The van der Waals surface area contributed by atoms with Crippen LogP contribution in [0.15, 0.2) is 100 Å². The maximum absolute atomic E-state index is 15.0. The lowest BCUT2D eigenvalue weighted by Crippen LogP contribution is -2.48. The number of aryl methyl sites for hydroxylation is 1. The van der Waals surface area contributed by atoms with E-state index >= 15 is 0 Å². The molecule has 0 aliphatic carbocycles. The van der Waals surface area contributed by atoms with Crippen LogP contribution in [0.4, 0.5) is 14.5 Å². The minimum Gasteiger partial charge on any atom is -0.377 e. The summed E-state index contributed by atoms with van der Waals surface area (Å²) in [7, 11) is -1.15. The zero-order valence-electron chi connectivity index (χ0n) is 28.7. The van der Waals surface area contributed by atoms with Crippen molar-refractivity contribution in [1.29, 1.82) is 0 Å². The van der Waals surface area contributed by atoms with Crippen molar-refractivity contribution in [3.63, 3.8) is 0 Å². The molecule has 2 aromatic carbocycles. The molecule has 0 unspecified atom stereocenters. The van der Waals surface area contributed by atoms with Crippen molar-refractivity contribution < 1.29 is 21.9 Å². The Morgan fingerprint density at radius 1 is 0.906 bits per heavy atom. The smallest absolute Gasteiger partial charge is 0.335 e. The molecule has 0 aliphatic rings. The number of sulfonamides is 1. The number of halogens is 2. The molecule has 0 amide bonds. The van der Waals surface area contributed by atoms with E-state index in [-0.39, 0.29) is 29.7 Å². The van der Waals surface area contributed by atoms with Gasteiger partial charge in [0.25, 0.3) is 15.6 Å². The van der Waals surface area contributed by atoms with E-state index in [1.807, 2.05) is 6.92 Å². The van der Waals surface area contributed by atoms with Crippen molar-refractivity contribution in [2.24, 2.45) is 7.05 Å². The number of aromatic nitrogens is 6. The molecule has 1 atom stereocenters. The van der Waals surface area contributed by atoms with Crippen molar-refractivity contribution in [1.82, 2.24) is 45.5 Å². The molecule has 18 heteroatoms. The van der Waals surface area contributed by atoms with E-state index < -0.39 is 38.6 Å². The number of hydrogen-bond donors (Lipinski definition) is 4. The van der Waals surface area contributed by atoms with Gasteiger partial charge in [-0.05, 0) is 48.9 Å². The van der Waals surface area contributed by atoms with Crippen molar-refractivity contribution in [3.8, 4) is 16.8 Å². The van der Waals surface area contributed by atoms with Gasteiger partial charge in [0, 0.05) is 74.6 Å². The van der Waals surface area contributed by atoms with Gasteiger partial charge in [0.15, 0.2) is 5.82 Å². The third-order valence-electron chi connectivity index (χ3n) is 8.20. The first-order chi connectivity index (χ1) is 25.4. The number of hydrazine groups is 2. The van der Waals surface area contributed by atoms with E-state index in [1.54, 1.807) is 49.8 Å². The molecule has 0 saturated carbocycles. The molecule has 4 aromatic heterocycles. The zero-order chi connectivity index (χ0) is 37.7. The van der Waals surface area contributed by atoms with Crippen molar-refractivity contribution >= 4 is 26.6 Å². The molecule has 4 N–H and O–H groups in total. The summed E-state index contributed by atoms with van der Waals surface area (Å²) in [4.78, 5) is 42.6. The van der Waals surface area contributed by atoms with Gasteiger partial charge in [0.2, 0.25) is 0 Å². The molecule has 4 heterocycles. The molecular weight excluding hydrogens is 711 g/mol. The monoisotopic (exact) mass is 744 g/mol. The average Bonchev–Trinajstić information content (AvgIpc) is 3.15. The van der Waals surface area contributed by atoms with E-state index in [1.165, 1.54) is 42.4 Å². The average molecular weight is 745 g/mol. The number of rotatable bonds is 14. The van der Waals surface area contributed by atoms with E-state index in [4.69, 9.17) is 4.74 Å². The molecule has 15 nitrogen and oxygen atoms in total. The number of ether oxygens (including phenoxy) is 1. The molecule has 0 spiro atoms. The Morgan fingerprint density at radius 2 is 1.66 bits per heavy atom. The molecule has 0 fully saturated rings. The van der Waals surface area contributed by atoms with Crippen molar-refractivity contribution in [2.75, 3.05) is 11.8 Å². The molecular formula is C35H34F2N10O5S. The second kappa shape index (κ2) is 15.8. The maximum atomic E-state index is 15.0. The molecule has 0 saturated heterocycles. The summed E-state index contributed by atoms with van der Waals surface area (Å²) < 4.78 is 65.4. The fraction of sp³-hybridized carbons (Fsp3) is 0.200. The van der Waals surface area contributed by atoms with Crippen LogP contribution in [0.2, 0.25) is 0 Å². The quantitative estimate of drug-likeness (QED) is 0.0946. The van der Waals surface area contributed by atoms with Gasteiger partial charge in [0.1, 0.15) is 18.2 Å². The minimum atomic E-state index is -4.24. The lowest BCUT2D eigenvalue weighted by Gasteiger charge is -2.16. The summed E-state index contributed by atoms with van der Waals surface area (Å²) in [6, 6.07) is 12.2. The summed E-state index contributed by atoms with van der Waals surface area (Å²) in [5.74, 6) is -1.30. The topological polar surface area (TPSA) is 187 Å². The predicted octanol–water partition coefficient (Wildman–Crippen LogP) is 2.89. The van der Waals surface area contributed by atoms with Crippen LogP contribution >= 0.6 is 0 Å². The Morgan fingerprint density at radius 3 is 2.36 bits per heavy atom. The number of nitrogens with zero attached hydrogens (tertiary/aromatic N) is 6. The summed E-state index contributed by atoms with van der Waals surface area (Å²) in [5.41, 5.74) is 9.59. The van der Waals surface area contributed by atoms with Crippen molar-refractivity contribution in [3.05, 3.63) is 135 Å². The third-order valence-corrected chi connectivity index (χ3v) is 9.58. The van der Waals surface area contributed by atoms with E-state index in [2.05, 4.69) is 41.0 Å². The number of hydrogen-bond acceptors (Lipinski definition) is 12. The SMILES string of the molecule is COCc1ncc(-c2ccc(S(=O)(=O)Nc3cc(F)c(CNNN[C@@H](C)Cc4ccc(-n5c(=O)c6ccncc6n(C)c5=O)cn4)cc3F)cc2)cn1. The van der Waals surface area contributed by atoms with E-state index in [9.17, 15) is 26.8 Å². The number of benzene rings is 2. The first-order valence-corrected chi connectivity index (χ1v) is 17.6. The van der Waals surface area contributed by atoms with Crippen LogP contribution in [-0.4, -0.2) is 50.6 Å². The van der Waals surface area contributed by atoms with Crippen LogP contribution in [0.3, 0.4) is 0 Å². The molecule has 0 radical (unpaired) electrons. The highest BCUT2D eigenvalue weighted by Gasteiger charge is 2.19. The van der Waals surface area contributed by atoms with Gasteiger partial charge >= 0.3 is 5.69 Å². The standard InChI is InChI=1S/C35H34F2N10O5S/c1-21(12-25-6-7-26(18-39-25)47-34(48)28-10-11-38-19-32(28)46(2)35(47)49)43-45-42-17-23-13-30(37)31(14-29(23)36)44-53(50,51)27-8-4-22(5-9-27)24-15-40-33(20-52-3)41-16-24/h4-11,13-16,18-19,21,42-45H,12,17,20H2,1-3H3/t21-/m0/s1. The van der Waals surface area contributed by atoms with Crippen molar-refractivity contribution in [2.45, 2.75) is 37.4 Å². The first-order valence-electron chi connectivity index (χ1n) is 16.1. The highest BCUT2D eigenvalue weighted by atomic mass is 32.2. The maximum Gasteiger partial charge on any atom is 0.335 e. The van der Waals surface area contributed by atoms with Gasteiger partial charge in [-0.2, -0.15) is 5.53 Å². The summed E-state index contributed by atoms with van der Waals surface area (Å²) in [5, 5.41) is 0.349. The van der Waals surface area contributed by atoms with Gasteiger partial charge in [-0.3, -0.25) is 24.1 Å². The molecule has 6 aromatic rings. The molecule has 0 bridgehead atoms. The Hall–Kier alpha value is -5.79. The molecule has 6 rings (SSSR count). The van der Waals surface area contributed by atoms with Gasteiger partial charge in [-0.1, -0.05) is 12.1 Å². The Labute approximate surface area is 301 Å². The third kappa shape index (κ3) is 8.32. The fourth-order valence-electron chi connectivity index (χ4n) is 5.41. The molecule has 274 valence electrons. The Balaban J connectivity index is 1.01. The van der Waals surface area contributed by atoms with Gasteiger partial charge in [-0.25, -0.2) is 47.4 Å².